The van der Waals surface area contributed by atoms with E-state index in [1.807, 2.05) is 41.2 Å². The van der Waals surface area contributed by atoms with Crippen LogP contribution in [-0.4, -0.2) is 52.4 Å². The summed E-state index contributed by atoms with van der Waals surface area (Å²) in [6.07, 6.45) is 1.67. The van der Waals surface area contributed by atoms with Gasteiger partial charge in [-0.05, 0) is 0 Å². The third kappa shape index (κ3) is 2.62. The van der Waals surface area contributed by atoms with Crippen molar-refractivity contribution in [3.8, 4) is 11.3 Å². The van der Waals surface area contributed by atoms with Gasteiger partial charge in [0.05, 0.1) is 25.5 Å². The molecule has 2 fully saturated rings. The first kappa shape index (κ1) is 14.3. The van der Waals surface area contributed by atoms with E-state index in [0.717, 1.165) is 11.3 Å². The van der Waals surface area contributed by atoms with Crippen LogP contribution in [0.15, 0.2) is 36.5 Å². The average Bonchev–Trinajstić information content (AvgIpc) is 3.25. The molecule has 7 heteroatoms. The van der Waals surface area contributed by atoms with Gasteiger partial charge >= 0.3 is 0 Å². The fourth-order valence-corrected chi connectivity index (χ4v) is 3.27. The van der Waals surface area contributed by atoms with Crippen molar-refractivity contribution in [1.82, 2.24) is 20.3 Å². The second-order valence-electron chi connectivity index (χ2n) is 5.92. The van der Waals surface area contributed by atoms with Crippen molar-refractivity contribution in [3.63, 3.8) is 0 Å². The number of carbonyl (C=O) groups excluding carboxylic acids is 1. The summed E-state index contributed by atoms with van der Waals surface area (Å²) < 4.78 is 13.5. The van der Waals surface area contributed by atoms with Gasteiger partial charge in [-0.15, -0.1) is 5.10 Å². The Bertz CT molecular complexity index is 702. The zero-order valence-electron chi connectivity index (χ0n) is 12.8. The highest BCUT2D eigenvalue weighted by atomic mass is 16.6. The van der Waals surface area contributed by atoms with Gasteiger partial charge in [0.25, 0.3) is 0 Å². The van der Waals surface area contributed by atoms with Gasteiger partial charge in [-0.1, -0.05) is 35.5 Å². The predicted molar refractivity (Wildman–Crippen MR) is 81.6 cm³/mol. The molecule has 1 aromatic carbocycles. The molecule has 2 saturated heterocycles. The van der Waals surface area contributed by atoms with E-state index in [9.17, 15) is 4.79 Å². The molecule has 2 aromatic rings. The van der Waals surface area contributed by atoms with E-state index >= 15 is 0 Å². The second-order valence-corrected chi connectivity index (χ2v) is 5.92. The number of fused-ring (bicyclic) bond motifs is 1. The molecule has 0 bridgehead atoms. The number of nitrogens with zero attached hydrogens (tertiary/aromatic N) is 3. The quantitative estimate of drug-likeness (QED) is 0.906. The molecule has 2 aliphatic heterocycles. The molecule has 120 valence electrons. The topological polar surface area (TPSA) is 78.3 Å². The molecule has 0 spiro atoms. The summed E-state index contributed by atoms with van der Waals surface area (Å²) in [7, 11) is 0. The summed E-state index contributed by atoms with van der Waals surface area (Å²) in [6, 6.07) is 9.80. The molecule has 1 aromatic heterocycles. The first-order chi connectivity index (χ1) is 11.2. The molecule has 0 unspecified atom stereocenters. The molecule has 0 radical (unpaired) electrons. The summed E-state index contributed by atoms with van der Waals surface area (Å²) >= 11 is 0. The number of amides is 1. The summed E-state index contributed by atoms with van der Waals surface area (Å²) in [4.78, 5) is 11.3. The Hall–Kier alpha value is -2.25. The van der Waals surface area contributed by atoms with Crippen molar-refractivity contribution >= 4 is 5.91 Å². The molecular weight excluding hydrogens is 296 g/mol. The van der Waals surface area contributed by atoms with Crippen LogP contribution < -0.4 is 5.32 Å². The van der Waals surface area contributed by atoms with Crippen LogP contribution in [0.5, 0.6) is 0 Å². The fourth-order valence-electron chi connectivity index (χ4n) is 3.27. The molecule has 4 atom stereocenters. The average molecular weight is 314 g/mol. The SMILES string of the molecule is CC(=O)N[C@@H]1CO[C@@H]2[C@@H]1OC[C@@H]2n1cc(-c2ccccc2)nn1. The molecule has 0 saturated carbocycles. The highest BCUT2D eigenvalue weighted by Gasteiger charge is 2.49. The number of nitrogens with one attached hydrogen (secondary N) is 1. The van der Waals surface area contributed by atoms with Gasteiger partial charge < -0.3 is 14.8 Å². The Kier molecular flexibility index (Phi) is 3.59. The Morgan fingerprint density at radius 2 is 2.00 bits per heavy atom. The molecular formula is C16H18N4O3. The zero-order chi connectivity index (χ0) is 15.8. The van der Waals surface area contributed by atoms with E-state index in [-0.39, 0.29) is 30.2 Å². The van der Waals surface area contributed by atoms with Crippen LogP contribution in [-0.2, 0) is 14.3 Å². The Labute approximate surface area is 133 Å². The van der Waals surface area contributed by atoms with Crippen molar-refractivity contribution in [2.45, 2.75) is 31.2 Å². The summed E-state index contributed by atoms with van der Waals surface area (Å²) in [5.74, 6) is -0.0709. The van der Waals surface area contributed by atoms with Crippen LogP contribution in [0.25, 0.3) is 11.3 Å². The van der Waals surface area contributed by atoms with E-state index in [0.29, 0.717) is 13.2 Å². The molecule has 1 amide bonds. The van der Waals surface area contributed by atoms with Crippen molar-refractivity contribution in [3.05, 3.63) is 36.5 Å². The first-order valence-electron chi connectivity index (χ1n) is 7.70. The summed E-state index contributed by atoms with van der Waals surface area (Å²) in [6.45, 7) is 2.47. The zero-order valence-corrected chi connectivity index (χ0v) is 12.8. The highest BCUT2D eigenvalue weighted by molar-refractivity contribution is 5.73. The maximum absolute atomic E-state index is 11.3. The first-order valence-corrected chi connectivity index (χ1v) is 7.70. The smallest absolute Gasteiger partial charge is 0.217 e. The van der Waals surface area contributed by atoms with Gasteiger partial charge in [-0.2, -0.15) is 0 Å². The minimum atomic E-state index is -0.131. The van der Waals surface area contributed by atoms with Gasteiger partial charge in [-0.25, -0.2) is 4.68 Å². The monoisotopic (exact) mass is 314 g/mol. The molecule has 3 heterocycles. The van der Waals surface area contributed by atoms with Gasteiger partial charge in [-0.3, -0.25) is 4.79 Å². The van der Waals surface area contributed by atoms with E-state index in [1.54, 1.807) is 0 Å². The van der Waals surface area contributed by atoms with Crippen LogP contribution in [0.3, 0.4) is 0 Å². The molecule has 4 rings (SSSR count). The summed E-state index contributed by atoms with van der Waals surface area (Å²) in [5.41, 5.74) is 1.85. The van der Waals surface area contributed by atoms with Crippen molar-refractivity contribution in [2.75, 3.05) is 13.2 Å². The van der Waals surface area contributed by atoms with Crippen LogP contribution >= 0.6 is 0 Å². The maximum Gasteiger partial charge on any atom is 0.217 e. The minimum absolute atomic E-state index is 0.0243. The third-order valence-corrected chi connectivity index (χ3v) is 4.34. The van der Waals surface area contributed by atoms with Crippen molar-refractivity contribution in [1.29, 1.82) is 0 Å². The lowest BCUT2D eigenvalue weighted by molar-refractivity contribution is -0.120. The largest absolute Gasteiger partial charge is 0.371 e. The lowest BCUT2D eigenvalue weighted by Gasteiger charge is -2.16. The predicted octanol–water partition coefficient (Wildman–Crippen LogP) is 0.788. The van der Waals surface area contributed by atoms with E-state index in [2.05, 4.69) is 15.6 Å². The number of aromatic nitrogens is 3. The van der Waals surface area contributed by atoms with Gasteiger partial charge in [0, 0.05) is 12.5 Å². The lowest BCUT2D eigenvalue weighted by atomic mass is 10.1. The minimum Gasteiger partial charge on any atom is -0.371 e. The Balaban J connectivity index is 1.52. The maximum atomic E-state index is 11.3. The van der Waals surface area contributed by atoms with Crippen LogP contribution in [0.1, 0.15) is 13.0 Å². The normalized spacial score (nSPS) is 29.4. The fraction of sp³-hybridized carbons (Fsp3) is 0.438. The van der Waals surface area contributed by atoms with E-state index < -0.39 is 0 Å². The van der Waals surface area contributed by atoms with Crippen LogP contribution in [0.4, 0.5) is 0 Å². The Morgan fingerprint density at radius 3 is 2.78 bits per heavy atom. The number of rotatable bonds is 3. The molecule has 1 N–H and O–H groups in total. The number of benzene rings is 1. The Morgan fingerprint density at radius 1 is 1.22 bits per heavy atom. The lowest BCUT2D eigenvalue weighted by Crippen LogP contribution is -2.43. The van der Waals surface area contributed by atoms with Gasteiger partial charge in [0.1, 0.15) is 23.9 Å². The summed E-state index contributed by atoms with van der Waals surface area (Å²) in [5, 5.41) is 11.4. The molecule has 2 aliphatic rings. The van der Waals surface area contributed by atoms with Gasteiger partial charge in [0.2, 0.25) is 5.91 Å². The second kappa shape index (κ2) is 5.75. The highest BCUT2D eigenvalue weighted by Crippen LogP contribution is 2.34. The number of hydrogen-bond donors (Lipinski definition) is 1. The van der Waals surface area contributed by atoms with E-state index in [4.69, 9.17) is 9.47 Å². The van der Waals surface area contributed by atoms with Crippen molar-refractivity contribution < 1.29 is 14.3 Å². The number of ether oxygens (including phenoxy) is 2. The number of hydrogen-bond acceptors (Lipinski definition) is 5. The van der Waals surface area contributed by atoms with Crippen molar-refractivity contribution in [2.24, 2.45) is 0 Å². The third-order valence-electron chi connectivity index (χ3n) is 4.34. The van der Waals surface area contributed by atoms with Crippen LogP contribution in [0.2, 0.25) is 0 Å². The molecule has 23 heavy (non-hydrogen) atoms. The van der Waals surface area contributed by atoms with Gasteiger partial charge in [0.15, 0.2) is 0 Å². The molecule has 0 aliphatic carbocycles. The van der Waals surface area contributed by atoms with Crippen LogP contribution in [0, 0.1) is 0 Å². The van der Waals surface area contributed by atoms with E-state index in [1.165, 1.54) is 6.92 Å². The standard InChI is InChI=1S/C16H18N4O3/c1-10(21)17-13-8-22-16-14(9-23-15(13)16)20-7-12(18-19-20)11-5-3-2-4-6-11/h2-7,13-16H,8-9H2,1H3,(H,17,21)/t13-,14+,15-,16+/m1/s1. The number of carbonyl (C=O) groups is 1. The molecule has 7 nitrogen and oxygen atoms in total.